The van der Waals surface area contributed by atoms with Crippen LogP contribution in [-0.2, 0) is 16.1 Å². The molecule has 0 spiro atoms. The zero-order valence-corrected chi connectivity index (χ0v) is 12.7. The van der Waals surface area contributed by atoms with Gasteiger partial charge < -0.3 is 9.84 Å². The third-order valence-electron chi connectivity index (χ3n) is 2.98. The van der Waals surface area contributed by atoms with Gasteiger partial charge in [-0.05, 0) is 23.6 Å². The third kappa shape index (κ3) is 3.86. The molecule has 1 aliphatic rings. The quantitative estimate of drug-likeness (QED) is 0.843. The number of hydrogen-bond donors (Lipinski definition) is 1. The second-order valence-corrected chi connectivity index (χ2v) is 5.57. The van der Waals surface area contributed by atoms with E-state index in [0.29, 0.717) is 0 Å². The Bertz CT molecular complexity index is 790. The fourth-order valence-corrected chi connectivity index (χ4v) is 2.49. The largest absolute Gasteiger partial charge is 0.343 e. The molecule has 3 heterocycles. The van der Waals surface area contributed by atoms with Crippen molar-refractivity contribution in [2.24, 2.45) is 4.99 Å². The molecule has 7 nitrogen and oxygen atoms in total. The summed E-state index contributed by atoms with van der Waals surface area (Å²) in [6.07, 6.45) is 7.87. The van der Waals surface area contributed by atoms with Gasteiger partial charge >= 0.3 is 0 Å². The second-order valence-electron chi connectivity index (χ2n) is 4.59. The molecule has 0 saturated carbocycles. The number of nitrogens with zero attached hydrogens (tertiary/aromatic N) is 3. The van der Waals surface area contributed by atoms with Crippen LogP contribution in [0.5, 0.6) is 0 Å². The van der Waals surface area contributed by atoms with Gasteiger partial charge in [0, 0.05) is 17.2 Å². The minimum absolute atomic E-state index is 0.0918. The molecule has 3 rings (SSSR count). The molecule has 1 unspecified atom stereocenters. The number of allylic oxidation sites excluding steroid dienone is 1. The molecule has 2 aromatic rings. The van der Waals surface area contributed by atoms with Gasteiger partial charge in [-0.2, -0.15) is 4.98 Å². The van der Waals surface area contributed by atoms with Crippen molar-refractivity contribution >= 4 is 35.4 Å². The molecule has 1 aliphatic heterocycles. The molecule has 1 atom stereocenters. The lowest BCUT2D eigenvalue weighted by Gasteiger charge is -2.04. The third-order valence-corrected chi connectivity index (χ3v) is 3.81. The van der Waals surface area contributed by atoms with Gasteiger partial charge in [-0.25, -0.2) is 4.99 Å². The highest BCUT2D eigenvalue weighted by molar-refractivity contribution is 7.10. The van der Waals surface area contributed by atoms with E-state index < -0.39 is 5.92 Å². The van der Waals surface area contributed by atoms with Crippen LogP contribution in [0.15, 0.2) is 45.3 Å². The van der Waals surface area contributed by atoms with Crippen molar-refractivity contribution in [1.82, 2.24) is 15.5 Å². The number of thiophene rings is 1. The van der Waals surface area contributed by atoms with Crippen molar-refractivity contribution in [3.8, 4) is 0 Å². The molecule has 1 N–H and O–H groups in total. The van der Waals surface area contributed by atoms with Crippen LogP contribution >= 0.6 is 11.3 Å². The summed E-state index contributed by atoms with van der Waals surface area (Å²) in [5.41, 5.74) is 0. The van der Waals surface area contributed by atoms with Gasteiger partial charge in [0.1, 0.15) is 5.92 Å². The molecule has 2 aromatic heterocycles. The number of carbonyl (C=O) groups is 2. The van der Waals surface area contributed by atoms with Gasteiger partial charge in [0.2, 0.25) is 11.8 Å². The van der Waals surface area contributed by atoms with E-state index in [1.807, 2.05) is 17.5 Å². The lowest BCUT2D eigenvalue weighted by atomic mass is 10.1. The Kier molecular flexibility index (Phi) is 4.53. The predicted octanol–water partition coefficient (Wildman–Crippen LogP) is 1.71. The number of carbonyl (C=O) groups excluding carboxylic acids is 2. The fraction of sp³-hybridized carbons (Fsp3) is 0.133. The second kappa shape index (κ2) is 6.93. The van der Waals surface area contributed by atoms with Crippen molar-refractivity contribution in [2.75, 3.05) is 0 Å². The summed E-state index contributed by atoms with van der Waals surface area (Å²) in [7, 11) is 0. The molecule has 0 aliphatic carbocycles. The topological polar surface area (TPSA) is 97.5 Å². The molecule has 23 heavy (non-hydrogen) atoms. The molecule has 0 radical (unpaired) electrons. The van der Waals surface area contributed by atoms with E-state index >= 15 is 0 Å². The number of rotatable bonds is 5. The highest BCUT2D eigenvalue weighted by Crippen LogP contribution is 2.18. The first kappa shape index (κ1) is 15.0. The molecular formula is C15H12N4O3S. The predicted molar refractivity (Wildman–Crippen MR) is 84.9 cm³/mol. The SMILES string of the molecule is O=C(/C=C/c1cccs1)NCc1nc(C2C=CC=NC2=O)no1. The van der Waals surface area contributed by atoms with Gasteiger partial charge in [-0.3, -0.25) is 9.59 Å². The summed E-state index contributed by atoms with van der Waals surface area (Å²) in [6.45, 7) is 0.0918. The molecule has 0 aromatic carbocycles. The van der Waals surface area contributed by atoms with E-state index in [1.54, 1.807) is 29.6 Å². The Morgan fingerprint density at radius 1 is 1.48 bits per heavy atom. The maximum atomic E-state index is 11.7. The van der Waals surface area contributed by atoms with Gasteiger partial charge in [0.25, 0.3) is 5.91 Å². The number of dihydropyridines is 1. The van der Waals surface area contributed by atoms with Crippen LogP contribution in [0.25, 0.3) is 6.08 Å². The highest BCUT2D eigenvalue weighted by Gasteiger charge is 2.24. The minimum Gasteiger partial charge on any atom is -0.343 e. The molecule has 8 heteroatoms. The Hall–Kier alpha value is -2.87. The molecule has 0 saturated heterocycles. The monoisotopic (exact) mass is 328 g/mol. The van der Waals surface area contributed by atoms with Crippen LogP contribution in [0, 0.1) is 0 Å². The summed E-state index contributed by atoms with van der Waals surface area (Å²) >= 11 is 1.54. The number of hydrogen-bond acceptors (Lipinski definition) is 6. The van der Waals surface area contributed by atoms with Crippen molar-refractivity contribution in [3.05, 3.63) is 52.3 Å². The van der Waals surface area contributed by atoms with Gasteiger partial charge in [-0.15, -0.1) is 11.3 Å². The molecular weight excluding hydrogens is 316 g/mol. The van der Waals surface area contributed by atoms with Crippen LogP contribution in [-0.4, -0.2) is 28.2 Å². The summed E-state index contributed by atoms with van der Waals surface area (Å²) < 4.78 is 5.03. The van der Waals surface area contributed by atoms with E-state index in [0.717, 1.165) is 4.88 Å². The number of amides is 2. The summed E-state index contributed by atoms with van der Waals surface area (Å²) in [5.74, 6) is -0.777. The Morgan fingerprint density at radius 3 is 3.17 bits per heavy atom. The maximum absolute atomic E-state index is 11.7. The minimum atomic E-state index is -0.632. The molecule has 2 amide bonds. The summed E-state index contributed by atoms with van der Waals surface area (Å²) in [6, 6.07) is 3.82. The molecule has 116 valence electrons. The summed E-state index contributed by atoms with van der Waals surface area (Å²) in [5, 5.41) is 8.33. The van der Waals surface area contributed by atoms with Gasteiger partial charge in [-0.1, -0.05) is 17.3 Å². The zero-order valence-electron chi connectivity index (χ0n) is 11.9. The fourth-order valence-electron chi connectivity index (χ4n) is 1.87. The van der Waals surface area contributed by atoms with Crippen LogP contribution in [0.4, 0.5) is 0 Å². The lowest BCUT2D eigenvalue weighted by Crippen LogP contribution is -2.20. The Balaban J connectivity index is 1.55. The molecule has 0 fully saturated rings. The van der Waals surface area contributed by atoms with Crippen molar-refractivity contribution < 1.29 is 14.1 Å². The van der Waals surface area contributed by atoms with Crippen LogP contribution < -0.4 is 5.32 Å². The maximum Gasteiger partial charge on any atom is 0.260 e. The summed E-state index contributed by atoms with van der Waals surface area (Å²) in [4.78, 5) is 32.1. The first-order chi connectivity index (χ1) is 11.2. The Morgan fingerprint density at radius 2 is 2.39 bits per heavy atom. The van der Waals surface area contributed by atoms with Gasteiger partial charge in [0.05, 0.1) is 6.54 Å². The Labute approximate surface area is 135 Å². The average molecular weight is 328 g/mol. The standard InChI is InChI=1S/C15H12N4O3S/c20-12(6-5-10-3-2-8-23-10)17-9-13-18-14(19-22-13)11-4-1-7-16-15(11)21/h1-8,11H,9H2,(H,17,20)/b6-5+. The van der Waals surface area contributed by atoms with Crippen molar-refractivity contribution in [1.29, 1.82) is 0 Å². The van der Waals surface area contributed by atoms with Crippen LogP contribution in [0.3, 0.4) is 0 Å². The van der Waals surface area contributed by atoms with Crippen LogP contribution in [0.1, 0.15) is 22.5 Å². The first-order valence-electron chi connectivity index (χ1n) is 6.79. The van der Waals surface area contributed by atoms with Crippen molar-refractivity contribution in [2.45, 2.75) is 12.5 Å². The smallest absolute Gasteiger partial charge is 0.260 e. The van der Waals surface area contributed by atoms with E-state index in [2.05, 4.69) is 20.4 Å². The zero-order chi connectivity index (χ0) is 16.1. The van der Waals surface area contributed by atoms with E-state index in [-0.39, 0.29) is 30.1 Å². The van der Waals surface area contributed by atoms with E-state index in [4.69, 9.17) is 4.52 Å². The van der Waals surface area contributed by atoms with Crippen molar-refractivity contribution in [3.63, 3.8) is 0 Å². The first-order valence-corrected chi connectivity index (χ1v) is 7.67. The molecule has 0 bridgehead atoms. The van der Waals surface area contributed by atoms with E-state index in [1.165, 1.54) is 12.3 Å². The van der Waals surface area contributed by atoms with Gasteiger partial charge in [0.15, 0.2) is 5.82 Å². The number of nitrogens with one attached hydrogen (secondary N) is 1. The number of aliphatic imine (C=N–C) groups is 1. The normalized spacial score (nSPS) is 17.0. The highest BCUT2D eigenvalue weighted by atomic mass is 32.1. The average Bonchev–Trinajstić information content (AvgIpc) is 3.23. The lowest BCUT2D eigenvalue weighted by molar-refractivity contribution is -0.118. The van der Waals surface area contributed by atoms with E-state index in [9.17, 15) is 9.59 Å². The number of aromatic nitrogens is 2. The van der Waals surface area contributed by atoms with Crippen LogP contribution in [0.2, 0.25) is 0 Å².